The molecule has 4 nitrogen and oxygen atoms in total. The van der Waals surface area contributed by atoms with E-state index >= 15 is 0 Å². The first-order valence-electron chi connectivity index (χ1n) is 4.70. The number of benzene rings is 1. The van der Waals surface area contributed by atoms with Crippen molar-refractivity contribution in [3.63, 3.8) is 0 Å². The van der Waals surface area contributed by atoms with E-state index in [1.54, 1.807) is 24.3 Å². The Morgan fingerprint density at radius 3 is 2.67 bits per heavy atom. The summed E-state index contributed by atoms with van der Waals surface area (Å²) in [6.45, 7) is 2.63. The van der Waals surface area contributed by atoms with Crippen molar-refractivity contribution in [1.82, 2.24) is 6.15 Å². The molecule has 4 heteroatoms. The Labute approximate surface area is 89.5 Å². The quantitative estimate of drug-likeness (QED) is 0.733. The van der Waals surface area contributed by atoms with Crippen molar-refractivity contribution in [2.45, 2.75) is 19.8 Å². The van der Waals surface area contributed by atoms with Gasteiger partial charge in [0.25, 0.3) is 0 Å². The maximum atomic E-state index is 10.8. The molecule has 1 aromatic rings. The van der Waals surface area contributed by atoms with Crippen LogP contribution in [0.3, 0.4) is 0 Å². The Morgan fingerprint density at radius 1 is 1.40 bits per heavy atom. The summed E-state index contributed by atoms with van der Waals surface area (Å²) in [6.07, 6.45) is 1.98. The number of ether oxygens (including phenoxy) is 1. The van der Waals surface area contributed by atoms with Crippen molar-refractivity contribution >= 4 is 5.97 Å². The second kappa shape index (κ2) is 6.84. The molecule has 1 aromatic carbocycles. The molecule has 0 aromatic heterocycles. The zero-order chi connectivity index (χ0) is 10.4. The van der Waals surface area contributed by atoms with Gasteiger partial charge >= 0.3 is 5.97 Å². The Hall–Kier alpha value is -1.55. The zero-order valence-electron chi connectivity index (χ0n) is 8.90. The Bertz CT molecular complexity index is 312. The molecule has 0 amide bonds. The van der Waals surface area contributed by atoms with E-state index in [9.17, 15) is 4.79 Å². The summed E-state index contributed by atoms with van der Waals surface area (Å²) < 4.78 is 5.36. The first-order chi connectivity index (χ1) is 6.75. The van der Waals surface area contributed by atoms with Gasteiger partial charge in [0.15, 0.2) is 0 Å². The minimum Gasteiger partial charge on any atom is -0.493 e. The number of para-hydroxylation sites is 1. The molecule has 84 valence electrons. The van der Waals surface area contributed by atoms with Crippen molar-refractivity contribution < 1.29 is 14.6 Å². The number of rotatable bonds is 5. The lowest BCUT2D eigenvalue weighted by molar-refractivity contribution is 0.0692. The first-order valence-corrected chi connectivity index (χ1v) is 4.70. The lowest BCUT2D eigenvalue weighted by atomic mass is 10.2. The summed E-state index contributed by atoms with van der Waals surface area (Å²) in [5, 5.41) is 8.84. The lowest BCUT2D eigenvalue weighted by Crippen LogP contribution is -2.03. The van der Waals surface area contributed by atoms with Gasteiger partial charge in [-0.25, -0.2) is 4.79 Å². The first kappa shape index (κ1) is 13.4. The van der Waals surface area contributed by atoms with Gasteiger partial charge in [0.1, 0.15) is 11.3 Å². The van der Waals surface area contributed by atoms with Crippen molar-refractivity contribution in [3.05, 3.63) is 29.8 Å². The van der Waals surface area contributed by atoms with Crippen molar-refractivity contribution in [2.24, 2.45) is 0 Å². The number of hydrogen-bond donors (Lipinski definition) is 2. The highest BCUT2D eigenvalue weighted by Gasteiger charge is 2.09. The van der Waals surface area contributed by atoms with Gasteiger partial charge in [0.2, 0.25) is 0 Å². The van der Waals surface area contributed by atoms with E-state index in [1.807, 2.05) is 0 Å². The maximum Gasteiger partial charge on any atom is 0.339 e. The van der Waals surface area contributed by atoms with Gasteiger partial charge in [0.05, 0.1) is 6.61 Å². The molecule has 0 fully saturated rings. The molecule has 0 aliphatic heterocycles. The third kappa shape index (κ3) is 3.99. The predicted molar refractivity (Wildman–Crippen MR) is 58.8 cm³/mol. The summed E-state index contributed by atoms with van der Waals surface area (Å²) in [6, 6.07) is 6.69. The molecule has 0 saturated heterocycles. The van der Waals surface area contributed by atoms with Crippen LogP contribution in [0.1, 0.15) is 30.1 Å². The van der Waals surface area contributed by atoms with Crippen LogP contribution in [0.15, 0.2) is 24.3 Å². The molecule has 0 aliphatic carbocycles. The number of hydrogen-bond acceptors (Lipinski definition) is 3. The summed E-state index contributed by atoms with van der Waals surface area (Å²) >= 11 is 0. The molecule has 0 aliphatic rings. The Morgan fingerprint density at radius 2 is 2.07 bits per heavy atom. The zero-order valence-corrected chi connectivity index (χ0v) is 8.90. The monoisotopic (exact) mass is 211 g/mol. The third-order valence-electron chi connectivity index (χ3n) is 1.87. The van der Waals surface area contributed by atoms with E-state index in [1.165, 1.54) is 0 Å². The van der Waals surface area contributed by atoms with Crippen LogP contribution in [0.5, 0.6) is 5.75 Å². The normalized spacial score (nSPS) is 9.13. The molecule has 4 N–H and O–H groups in total. The molecule has 15 heavy (non-hydrogen) atoms. The number of aromatic carboxylic acids is 1. The fraction of sp³-hybridized carbons (Fsp3) is 0.364. The van der Waals surface area contributed by atoms with E-state index in [2.05, 4.69) is 6.92 Å². The molecule has 0 atom stereocenters. The molecule has 0 radical (unpaired) electrons. The standard InChI is InChI=1S/C11H14O3.H3N/c1-2-3-8-14-10-7-5-4-6-9(10)11(12)13;/h4-7H,2-3,8H2,1H3,(H,12,13);1H3. The molecular formula is C11H17NO3. The van der Waals surface area contributed by atoms with Crippen LogP contribution >= 0.6 is 0 Å². The van der Waals surface area contributed by atoms with Crippen LogP contribution in [0.4, 0.5) is 0 Å². The van der Waals surface area contributed by atoms with Gasteiger partial charge in [-0.1, -0.05) is 25.5 Å². The van der Waals surface area contributed by atoms with Gasteiger partial charge in [-0.2, -0.15) is 0 Å². The van der Waals surface area contributed by atoms with E-state index in [-0.39, 0.29) is 11.7 Å². The van der Waals surface area contributed by atoms with Crippen LogP contribution in [-0.2, 0) is 0 Å². The van der Waals surface area contributed by atoms with Gasteiger partial charge < -0.3 is 16.0 Å². The average Bonchev–Trinajstić information content (AvgIpc) is 2.19. The molecule has 0 unspecified atom stereocenters. The van der Waals surface area contributed by atoms with Crippen LogP contribution in [0.2, 0.25) is 0 Å². The van der Waals surface area contributed by atoms with Gasteiger partial charge in [0, 0.05) is 0 Å². The van der Waals surface area contributed by atoms with Gasteiger partial charge in [-0.05, 0) is 18.6 Å². The third-order valence-corrected chi connectivity index (χ3v) is 1.87. The largest absolute Gasteiger partial charge is 0.493 e. The van der Waals surface area contributed by atoms with Crippen LogP contribution in [-0.4, -0.2) is 17.7 Å². The topological polar surface area (TPSA) is 81.5 Å². The van der Waals surface area contributed by atoms with E-state index in [0.29, 0.717) is 12.4 Å². The number of unbranched alkanes of at least 4 members (excludes halogenated alkanes) is 1. The van der Waals surface area contributed by atoms with E-state index in [4.69, 9.17) is 9.84 Å². The highest BCUT2D eigenvalue weighted by atomic mass is 16.5. The molecule has 0 saturated carbocycles. The fourth-order valence-electron chi connectivity index (χ4n) is 1.10. The van der Waals surface area contributed by atoms with Crippen molar-refractivity contribution in [1.29, 1.82) is 0 Å². The lowest BCUT2D eigenvalue weighted by Gasteiger charge is -2.07. The summed E-state index contributed by atoms with van der Waals surface area (Å²) in [4.78, 5) is 10.8. The minimum atomic E-state index is -0.947. The summed E-state index contributed by atoms with van der Waals surface area (Å²) in [7, 11) is 0. The van der Waals surface area contributed by atoms with E-state index < -0.39 is 5.97 Å². The van der Waals surface area contributed by atoms with Crippen molar-refractivity contribution in [3.8, 4) is 5.75 Å². The number of carbonyl (C=O) groups is 1. The molecule has 0 bridgehead atoms. The molecular weight excluding hydrogens is 194 g/mol. The minimum absolute atomic E-state index is 0. The predicted octanol–water partition coefficient (Wildman–Crippen LogP) is 2.73. The molecule has 0 spiro atoms. The van der Waals surface area contributed by atoms with Gasteiger partial charge in [-0.15, -0.1) is 0 Å². The Balaban J connectivity index is 0.00000196. The van der Waals surface area contributed by atoms with Crippen LogP contribution < -0.4 is 10.9 Å². The van der Waals surface area contributed by atoms with Crippen LogP contribution in [0, 0.1) is 0 Å². The molecule has 1 rings (SSSR count). The highest BCUT2D eigenvalue weighted by molar-refractivity contribution is 5.90. The fourth-order valence-corrected chi connectivity index (χ4v) is 1.10. The Kier molecular flexibility index (Phi) is 6.13. The second-order valence-corrected chi connectivity index (χ2v) is 3.00. The SMILES string of the molecule is CCCCOc1ccccc1C(=O)O.N. The highest BCUT2D eigenvalue weighted by Crippen LogP contribution is 2.17. The summed E-state index contributed by atoms with van der Waals surface area (Å²) in [5.74, 6) is -0.495. The average molecular weight is 211 g/mol. The van der Waals surface area contributed by atoms with Crippen LogP contribution in [0.25, 0.3) is 0 Å². The van der Waals surface area contributed by atoms with Crippen molar-refractivity contribution in [2.75, 3.05) is 6.61 Å². The number of carboxylic acid groups (broad SMARTS) is 1. The van der Waals surface area contributed by atoms with Gasteiger partial charge in [-0.3, -0.25) is 0 Å². The maximum absolute atomic E-state index is 10.8. The number of carboxylic acids is 1. The molecule has 0 heterocycles. The smallest absolute Gasteiger partial charge is 0.339 e. The second-order valence-electron chi connectivity index (χ2n) is 3.00. The summed E-state index contributed by atoms with van der Waals surface area (Å²) in [5.41, 5.74) is 0.226. The van der Waals surface area contributed by atoms with E-state index in [0.717, 1.165) is 12.8 Å².